The SMILES string of the molecule is COc1cc(-n2cnc(Nc3nc(N4CCC[C@H]4CO)c4c(C)nn(C5CCCCC5)c4n3)c2)cc(C)c1C. The van der Waals surface area contributed by atoms with Crippen LogP contribution >= 0.6 is 0 Å². The average molecular weight is 531 g/mol. The van der Waals surface area contributed by atoms with E-state index in [1.165, 1.54) is 19.3 Å². The number of benzene rings is 1. The molecule has 2 N–H and O–H groups in total. The summed E-state index contributed by atoms with van der Waals surface area (Å²) in [6, 6.07) is 4.53. The number of aromatic nitrogens is 6. The van der Waals surface area contributed by atoms with Crippen molar-refractivity contribution < 1.29 is 9.84 Å². The Morgan fingerprint density at radius 2 is 1.87 bits per heavy atom. The highest BCUT2D eigenvalue weighted by molar-refractivity contribution is 5.91. The third-order valence-electron chi connectivity index (χ3n) is 8.43. The van der Waals surface area contributed by atoms with Crippen LogP contribution in [0, 0.1) is 20.8 Å². The Labute approximate surface area is 229 Å². The molecule has 0 unspecified atom stereocenters. The van der Waals surface area contributed by atoms with Gasteiger partial charge in [-0.2, -0.15) is 15.1 Å². The second-order valence-electron chi connectivity index (χ2n) is 10.9. The zero-order chi connectivity index (χ0) is 27.1. The average Bonchev–Trinajstić information content (AvgIpc) is 3.69. The van der Waals surface area contributed by atoms with Crippen molar-refractivity contribution in [3.63, 3.8) is 0 Å². The van der Waals surface area contributed by atoms with Crippen LogP contribution in [0.15, 0.2) is 24.7 Å². The van der Waals surface area contributed by atoms with E-state index in [1.807, 2.05) is 23.8 Å². The molecule has 10 heteroatoms. The Balaban J connectivity index is 1.40. The zero-order valence-electron chi connectivity index (χ0n) is 23.3. The number of hydrogen-bond donors (Lipinski definition) is 2. The summed E-state index contributed by atoms with van der Waals surface area (Å²) in [4.78, 5) is 16.8. The van der Waals surface area contributed by atoms with Gasteiger partial charge in [0.1, 0.15) is 17.9 Å². The largest absolute Gasteiger partial charge is 0.496 e. The minimum absolute atomic E-state index is 0.0485. The van der Waals surface area contributed by atoms with Crippen LogP contribution in [0.2, 0.25) is 0 Å². The summed E-state index contributed by atoms with van der Waals surface area (Å²) in [5, 5.41) is 19.4. The Morgan fingerprint density at radius 3 is 2.64 bits per heavy atom. The molecule has 39 heavy (non-hydrogen) atoms. The van der Waals surface area contributed by atoms with Gasteiger partial charge in [0.15, 0.2) is 11.5 Å². The maximum absolute atomic E-state index is 10.1. The third kappa shape index (κ3) is 4.71. The summed E-state index contributed by atoms with van der Waals surface area (Å²) in [6.45, 7) is 7.15. The normalized spacial score (nSPS) is 18.3. The van der Waals surface area contributed by atoms with Gasteiger partial charge in [-0.25, -0.2) is 9.67 Å². The Hall–Kier alpha value is -3.66. The first-order chi connectivity index (χ1) is 19.0. The van der Waals surface area contributed by atoms with Gasteiger partial charge in [-0.05, 0) is 63.6 Å². The molecule has 6 rings (SSSR count). The molecule has 1 aliphatic carbocycles. The summed E-state index contributed by atoms with van der Waals surface area (Å²) in [5.74, 6) is 2.83. The molecule has 1 aliphatic heterocycles. The Kier molecular flexibility index (Phi) is 6.88. The second-order valence-corrected chi connectivity index (χ2v) is 10.9. The molecule has 1 saturated carbocycles. The van der Waals surface area contributed by atoms with Gasteiger partial charge in [-0.3, -0.25) is 0 Å². The van der Waals surface area contributed by atoms with Crippen molar-refractivity contribution in [3.05, 3.63) is 41.5 Å². The van der Waals surface area contributed by atoms with Crippen molar-refractivity contribution in [3.8, 4) is 11.4 Å². The van der Waals surface area contributed by atoms with Crippen LogP contribution in [-0.4, -0.2) is 60.7 Å². The highest BCUT2D eigenvalue weighted by Gasteiger charge is 2.30. The molecule has 3 aromatic heterocycles. The number of anilines is 3. The van der Waals surface area contributed by atoms with E-state index in [0.29, 0.717) is 17.8 Å². The van der Waals surface area contributed by atoms with Crippen molar-refractivity contribution in [1.29, 1.82) is 0 Å². The number of methoxy groups -OCH3 is 1. The molecule has 0 radical (unpaired) electrons. The fourth-order valence-corrected chi connectivity index (χ4v) is 6.15. The number of ether oxygens (including phenoxy) is 1. The predicted octanol–water partition coefficient (Wildman–Crippen LogP) is 5.16. The lowest BCUT2D eigenvalue weighted by atomic mass is 9.96. The first-order valence-electron chi connectivity index (χ1n) is 14.1. The molecule has 0 bridgehead atoms. The number of fused-ring (bicyclic) bond motifs is 1. The first-order valence-corrected chi connectivity index (χ1v) is 14.1. The maximum Gasteiger partial charge on any atom is 0.232 e. The molecule has 206 valence electrons. The molecule has 1 atom stereocenters. The van der Waals surface area contributed by atoms with Crippen LogP contribution in [0.3, 0.4) is 0 Å². The van der Waals surface area contributed by atoms with Gasteiger partial charge in [0, 0.05) is 12.6 Å². The van der Waals surface area contributed by atoms with Gasteiger partial charge in [-0.15, -0.1) is 0 Å². The number of aryl methyl sites for hydroxylation is 2. The number of aliphatic hydroxyl groups is 1. The molecule has 4 heterocycles. The van der Waals surface area contributed by atoms with Gasteiger partial charge in [0.05, 0.1) is 48.8 Å². The first kappa shape index (κ1) is 25.6. The topological polar surface area (TPSA) is 106 Å². The Morgan fingerprint density at radius 1 is 1.05 bits per heavy atom. The minimum Gasteiger partial charge on any atom is -0.496 e. The van der Waals surface area contributed by atoms with Crippen molar-refractivity contribution in [2.45, 2.75) is 77.8 Å². The van der Waals surface area contributed by atoms with Crippen LogP contribution in [0.25, 0.3) is 16.7 Å². The van der Waals surface area contributed by atoms with Gasteiger partial charge in [0.2, 0.25) is 5.95 Å². The summed E-state index contributed by atoms with van der Waals surface area (Å²) < 4.78 is 9.67. The maximum atomic E-state index is 10.1. The lowest BCUT2D eigenvalue weighted by Crippen LogP contribution is -2.33. The van der Waals surface area contributed by atoms with E-state index < -0.39 is 0 Å². The van der Waals surface area contributed by atoms with Gasteiger partial charge >= 0.3 is 0 Å². The van der Waals surface area contributed by atoms with Crippen molar-refractivity contribution in [1.82, 2.24) is 29.3 Å². The van der Waals surface area contributed by atoms with E-state index in [2.05, 4.69) is 39.8 Å². The van der Waals surface area contributed by atoms with E-state index in [4.69, 9.17) is 19.8 Å². The molecule has 0 amide bonds. The van der Waals surface area contributed by atoms with E-state index in [9.17, 15) is 5.11 Å². The highest BCUT2D eigenvalue weighted by atomic mass is 16.5. The quantitative estimate of drug-likeness (QED) is 0.338. The minimum atomic E-state index is 0.0485. The van der Waals surface area contributed by atoms with E-state index >= 15 is 0 Å². The van der Waals surface area contributed by atoms with Crippen LogP contribution in [-0.2, 0) is 0 Å². The summed E-state index contributed by atoms with van der Waals surface area (Å²) >= 11 is 0. The lowest BCUT2D eigenvalue weighted by Gasteiger charge is -2.26. The van der Waals surface area contributed by atoms with E-state index in [-0.39, 0.29) is 12.6 Å². The van der Waals surface area contributed by atoms with Crippen LogP contribution in [0.1, 0.15) is 67.8 Å². The number of hydrogen-bond acceptors (Lipinski definition) is 8. The monoisotopic (exact) mass is 530 g/mol. The molecule has 2 aliphatic rings. The van der Waals surface area contributed by atoms with Gasteiger partial charge < -0.3 is 24.6 Å². The number of nitrogens with zero attached hydrogens (tertiary/aromatic N) is 7. The van der Waals surface area contributed by atoms with Gasteiger partial charge in [-0.1, -0.05) is 19.3 Å². The molecule has 1 aromatic carbocycles. The third-order valence-corrected chi connectivity index (χ3v) is 8.43. The predicted molar refractivity (Wildman–Crippen MR) is 153 cm³/mol. The van der Waals surface area contributed by atoms with E-state index in [1.54, 1.807) is 13.4 Å². The van der Waals surface area contributed by atoms with Crippen LogP contribution in [0.4, 0.5) is 17.6 Å². The number of aliphatic hydroxyl groups excluding tert-OH is 1. The molecule has 4 aromatic rings. The lowest BCUT2D eigenvalue weighted by molar-refractivity contribution is 0.266. The van der Waals surface area contributed by atoms with Crippen molar-refractivity contribution >= 4 is 28.6 Å². The molecule has 0 spiro atoms. The summed E-state index contributed by atoms with van der Waals surface area (Å²) in [6.07, 6.45) is 11.6. The van der Waals surface area contributed by atoms with Crippen LogP contribution in [0.5, 0.6) is 5.75 Å². The van der Waals surface area contributed by atoms with E-state index in [0.717, 1.165) is 77.3 Å². The molecular formula is C29H38N8O2. The fraction of sp³-hybridized carbons (Fsp3) is 0.517. The standard InChI is InChI=1S/C29H38N8O2/c1-18-13-23(14-24(39-4)19(18)2)35-15-25(30-17-35)31-29-32-27(36-12-8-11-22(36)16-38)26-20(3)34-37(28(26)33-29)21-9-6-5-7-10-21/h13-15,17,21-22,38H,5-12,16H2,1-4H3,(H,31,32,33)/t22-/m0/s1. The smallest absolute Gasteiger partial charge is 0.232 e. The molecule has 2 fully saturated rings. The fourth-order valence-electron chi connectivity index (χ4n) is 6.15. The van der Waals surface area contributed by atoms with Gasteiger partial charge in [0.25, 0.3) is 0 Å². The molecular weight excluding hydrogens is 492 g/mol. The summed E-state index contributed by atoms with van der Waals surface area (Å²) in [7, 11) is 1.69. The Bertz CT molecular complexity index is 1490. The summed E-state index contributed by atoms with van der Waals surface area (Å²) in [5.41, 5.74) is 5.05. The van der Waals surface area contributed by atoms with Crippen molar-refractivity contribution in [2.24, 2.45) is 0 Å². The number of rotatable bonds is 7. The van der Waals surface area contributed by atoms with Crippen molar-refractivity contribution in [2.75, 3.05) is 30.5 Å². The van der Waals surface area contributed by atoms with Crippen LogP contribution < -0.4 is 15.0 Å². The molecule has 1 saturated heterocycles. The highest BCUT2D eigenvalue weighted by Crippen LogP contribution is 2.37. The number of imidazole rings is 1. The second kappa shape index (κ2) is 10.5. The number of nitrogens with one attached hydrogen (secondary N) is 1. The molecule has 10 nitrogen and oxygen atoms in total. The zero-order valence-corrected chi connectivity index (χ0v) is 23.3.